The fraction of sp³-hybridized carbons (Fsp3) is 0.333. The predicted octanol–water partition coefficient (Wildman–Crippen LogP) is 5.47. The molecule has 0 spiro atoms. The Kier molecular flexibility index (Phi) is 5.29. The summed E-state index contributed by atoms with van der Waals surface area (Å²) in [4.78, 5) is 0. The summed E-state index contributed by atoms with van der Waals surface area (Å²) < 4.78 is 12.7. The average molecular weight is 349 g/mol. The third-order valence-corrected chi connectivity index (χ3v) is 4.07. The zero-order chi connectivity index (χ0) is 15.4. The third-order valence-electron chi connectivity index (χ3n) is 3.42. The second-order valence-electron chi connectivity index (χ2n) is 5.38. The molecule has 0 saturated carbocycles. The normalized spacial score (nSPS) is 10.8. The molecule has 0 aliphatic heterocycles. The highest BCUT2D eigenvalue weighted by Crippen LogP contribution is 2.43. The smallest absolute Gasteiger partial charge is 0.165 e. The molecule has 0 fully saturated rings. The number of benzene rings is 2. The van der Waals surface area contributed by atoms with Gasteiger partial charge < -0.3 is 9.47 Å². The van der Waals surface area contributed by atoms with Crippen LogP contribution in [0.1, 0.15) is 36.5 Å². The number of rotatable bonds is 5. The van der Waals surface area contributed by atoms with Gasteiger partial charge in [-0.25, -0.2) is 0 Å². The number of hydrogen-bond acceptors (Lipinski definition) is 2. The zero-order valence-electron chi connectivity index (χ0n) is 12.9. The second-order valence-corrected chi connectivity index (χ2v) is 6.23. The third kappa shape index (κ3) is 3.59. The summed E-state index contributed by atoms with van der Waals surface area (Å²) >= 11 is 3.63. The molecule has 0 aliphatic carbocycles. The van der Waals surface area contributed by atoms with Crippen molar-refractivity contribution in [3.05, 3.63) is 57.6 Å². The highest BCUT2D eigenvalue weighted by atomic mass is 79.9. The first-order valence-corrected chi connectivity index (χ1v) is 7.87. The molecule has 2 nitrogen and oxygen atoms in total. The first-order chi connectivity index (χ1) is 10.0. The monoisotopic (exact) mass is 348 g/mol. The van der Waals surface area contributed by atoms with Crippen LogP contribution >= 0.6 is 15.9 Å². The minimum Gasteiger partial charge on any atom is -0.493 e. The summed E-state index contributed by atoms with van der Waals surface area (Å²) in [6.45, 7) is 6.88. The van der Waals surface area contributed by atoms with Crippen LogP contribution in [0.4, 0.5) is 0 Å². The Balaban J connectivity index is 2.36. The topological polar surface area (TPSA) is 18.5 Å². The lowest BCUT2D eigenvalue weighted by Crippen LogP contribution is -2.04. The standard InChI is InChI=1S/C18H21BrO2/c1-12(2)16-15(19)10-13(3)17(18(16)20-4)21-11-14-8-6-5-7-9-14/h5-10,12H,11H2,1-4H3. The van der Waals surface area contributed by atoms with E-state index >= 15 is 0 Å². The molecular weight excluding hydrogens is 328 g/mol. The van der Waals surface area contributed by atoms with Crippen LogP contribution in [0.3, 0.4) is 0 Å². The molecule has 3 heteroatoms. The van der Waals surface area contributed by atoms with Crippen molar-refractivity contribution in [3.8, 4) is 11.5 Å². The molecule has 0 saturated heterocycles. The van der Waals surface area contributed by atoms with Crippen molar-refractivity contribution in [2.24, 2.45) is 0 Å². The van der Waals surface area contributed by atoms with Gasteiger partial charge >= 0.3 is 0 Å². The maximum absolute atomic E-state index is 6.04. The van der Waals surface area contributed by atoms with E-state index in [1.165, 1.54) is 0 Å². The summed E-state index contributed by atoms with van der Waals surface area (Å²) in [5.74, 6) is 2.01. The fourth-order valence-electron chi connectivity index (χ4n) is 2.39. The van der Waals surface area contributed by atoms with Crippen molar-refractivity contribution < 1.29 is 9.47 Å². The largest absolute Gasteiger partial charge is 0.493 e. The summed E-state index contributed by atoms with van der Waals surface area (Å²) in [5, 5.41) is 0. The molecule has 0 aliphatic rings. The lowest BCUT2D eigenvalue weighted by Gasteiger charge is -2.20. The summed E-state index contributed by atoms with van der Waals surface area (Å²) in [6.07, 6.45) is 0. The van der Waals surface area contributed by atoms with Gasteiger partial charge in [-0.2, -0.15) is 0 Å². The van der Waals surface area contributed by atoms with Crippen LogP contribution < -0.4 is 9.47 Å². The van der Waals surface area contributed by atoms with E-state index in [0.717, 1.165) is 32.7 Å². The Morgan fingerprint density at radius 3 is 2.33 bits per heavy atom. The van der Waals surface area contributed by atoms with Crippen molar-refractivity contribution in [3.63, 3.8) is 0 Å². The maximum atomic E-state index is 6.04. The summed E-state index contributed by atoms with van der Waals surface area (Å²) in [5.41, 5.74) is 3.36. The molecule has 0 bridgehead atoms. The maximum Gasteiger partial charge on any atom is 0.165 e. The van der Waals surface area contributed by atoms with E-state index < -0.39 is 0 Å². The van der Waals surface area contributed by atoms with Gasteiger partial charge in [-0.3, -0.25) is 0 Å². The van der Waals surface area contributed by atoms with Crippen LogP contribution in [0.2, 0.25) is 0 Å². The Bertz CT molecular complexity index is 606. The van der Waals surface area contributed by atoms with Gasteiger partial charge in [-0.1, -0.05) is 60.1 Å². The highest BCUT2D eigenvalue weighted by molar-refractivity contribution is 9.10. The lowest BCUT2D eigenvalue weighted by atomic mass is 9.99. The van der Waals surface area contributed by atoms with Crippen LogP contribution in [0.25, 0.3) is 0 Å². The van der Waals surface area contributed by atoms with Crippen molar-refractivity contribution >= 4 is 15.9 Å². The number of hydrogen-bond donors (Lipinski definition) is 0. The van der Waals surface area contributed by atoms with Crippen molar-refractivity contribution in [1.82, 2.24) is 0 Å². The Hall–Kier alpha value is -1.48. The zero-order valence-corrected chi connectivity index (χ0v) is 14.5. The van der Waals surface area contributed by atoms with Gasteiger partial charge in [0.2, 0.25) is 0 Å². The van der Waals surface area contributed by atoms with Crippen molar-refractivity contribution in [1.29, 1.82) is 0 Å². The van der Waals surface area contributed by atoms with Gasteiger partial charge in [0.25, 0.3) is 0 Å². The van der Waals surface area contributed by atoms with Gasteiger partial charge in [-0.05, 0) is 30.0 Å². The predicted molar refractivity (Wildman–Crippen MR) is 90.3 cm³/mol. The van der Waals surface area contributed by atoms with E-state index in [1.54, 1.807) is 7.11 Å². The van der Waals surface area contributed by atoms with Crippen molar-refractivity contribution in [2.75, 3.05) is 7.11 Å². The molecule has 2 aromatic carbocycles. The van der Waals surface area contributed by atoms with Crippen LogP contribution in [0, 0.1) is 6.92 Å². The minimum atomic E-state index is 0.356. The molecule has 0 aromatic heterocycles. The SMILES string of the molecule is COc1c(OCc2ccccc2)c(C)cc(Br)c1C(C)C. The number of halogens is 1. The van der Waals surface area contributed by atoms with Crippen LogP contribution in [0.5, 0.6) is 11.5 Å². The Morgan fingerprint density at radius 1 is 1.10 bits per heavy atom. The van der Waals surface area contributed by atoms with E-state index in [2.05, 4.69) is 48.0 Å². The van der Waals surface area contributed by atoms with E-state index in [4.69, 9.17) is 9.47 Å². The highest BCUT2D eigenvalue weighted by Gasteiger charge is 2.19. The molecule has 0 unspecified atom stereocenters. The first-order valence-electron chi connectivity index (χ1n) is 7.08. The van der Waals surface area contributed by atoms with Crippen molar-refractivity contribution in [2.45, 2.75) is 33.3 Å². The van der Waals surface area contributed by atoms with E-state index in [0.29, 0.717) is 12.5 Å². The van der Waals surface area contributed by atoms with Gasteiger partial charge in [0.15, 0.2) is 11.5 Å². The van der Waals surface area contributed by atoms with Crippen LogP contribution in [-0.2, 0) is 6.61 Å². The minimum absolute atomic E-state index is 0.356. The van der Waals surface area contributed by atoms with Gasteiger partial charge in [0, 0.05) is 10.0 Å². The number of aryl methyl sites for hydroxylation is 1. The summed E-state index contributed by atoms with van der Waals surface area (Å²) in [6, 6.07) is 12.3. The Labute approximate surface area is 135 Å². The van der Waals surface area contributed by atoms with Crippen LogP contribution in [-0.4, -0.2) is 7.11 Å². The molecular formula is C18H21BrO2. The van der Waals surface area contributed by atoms with E-state index in [-0.39, 0.29) is 0 Å². The lowest BCUT2D eigenvalue weighted by molar-refractivity contribution is 0.280. The second kappa shape index (κ2) is 6.99. The molecule has 21 heavy (non-hydrogen) atoms. The van der Waals surface area contributed by atoms with E-state index in [9.17, 15) is 0 Å². The number of methoxy groups -OCH3 is 1. The van der Waals surface area contributed by atoms with Gasteiger partial charge in [0.05, 0.1) is 7.11 Å². The Morgan fingerprint density at radius 2 is 1.76 bits per heavy atom. The molecule has 0 N–H and O–H groups in total. The molecule has 0 heterocycles. The van der Waals surface area contributed by atoms with E-state index in [1.807, 2.05) is 25.1 Å². The molecule has 2 rings (SSSR count). The summed E-state index contributed by atoms with van der Waals surface area (Å²) in [7, 11) is 1.70. The first kappa shape index (κ1) is 15.9. The quantitative estimate of drug-likeness (QED) is 0.713. The van der Waals surface area contributed by atoms with Gasteiger partial charge in [0.1, 0.15) is 6.61 Å². The molecule has 0 amide bonds. The van der Waals surface area contributed by atoms with Crippen LogP contribution in [0.15, 0.2) is 40.9 Å². The molecule has 2 aromatic rings. The molecule has 0 atom stereocenters. The molecule has 0 radical (unpaired) electrons. The average Bonchev–Trinajstić information content (AvgIpc) is 2.46. The van der Waals surface area contributed by atoms with Gasteiger partial charge in [-0.15, -0.1) is 0 Å². The molecule has 112 valence electrons. The number of ether oxygens (including phenoxy) is 2. The fourth-order valence-corrected chi connectivity index (χ4v) is 3.37.